The lowest BCUT2D eigenvalue weighted by atomic mass is 10.1. The number of benzene rings is 1. The van der Waals surface area contributed by atoms with Crippen LogP contribution in [0.1, 0.15) is 43.9 Å². The fourth-order valence-corrected chi connectivity index (χ4v) is 3.16. The number of anilines is 1. The van der Waals surface area contributed by atoms with Gasteiger partial charge in [0.2, 0.25) is 5.95 Å². The van der Waals surface area contributed by atoms with Crippen LogP contribution in [0.25, 0.3) is 0 Å². The second-order valence-corrected chi connectivity index (χ2v) is 7.35. The van der Waals surface area contributed by atoms with Gasteiger partial charge in [-0.1, -0.05) is 29.8 Å². The number of rotatable bonds is 7. The number of halogens is 2. The SMILES string of the molecule is Cc1ccc(Cn2c(NC3=CC(OC(F)F)=CCC3)nc(=O)n(C(C)C)c2=O)cc1. The van der Waals surface area contributed by atoms with E-state index in [9.17, 15) is 18.4 Å². The molecule has 0 unspecified atom stereocenters. The summed E-state index contributed by atoms with van der Waals surface area (Å²) in [4.78, 5) is 29.6. The molecule has 0 atom stereocenters. The molecular weight excluding hydrogens is 394 g/mol. The van der Waals surface area contributed by atoms with E-state index in [-0.39, 0.29) is 24.3 Å². The Morgan fingerprint density at radius 1 is 1.20 bits per heavy atom. The van der Waals surface area contributed by atoms with Crippen LogP contribution in [0, 0.1) is 6.92 Å². The van der Waals surface area contributed by atoms with Crippen LogP contribution in [-0.4, -0.2) is 20.7 Å². The van der Waals surface area contributed by atoms with Gasteiger partial charge >= 0.3 is 18.0 Å². The normalized spacial score (nSPS) is 14.0. The van der Waals surface area contributed by atoms with Crippen molar-refractivity contribution < 1.29 is 13.5 Å². The van der Waals surface area contributed by atoms with E-state index in [0.29, 0.717) is 18.5 Å². The van der Waals surface area contributed by atoms with Crippen molar-refractivity contribution in [3.63, 3.8) is 0 Å². The highest BCUT2D eigenvalue weighted by atomic mass is 19.3. The van der Waals surface area contributed by atoms with Crippen LogP contribution in [0.5, 0.6) is 0 Å². The number of ether oxygens (including phenoxy) is 1. The molecule has 0 bridgehead atoms. The minimum Gasteiger partial charge on any atom is -0.435 e. The molecule has 0 amide bonds. The second-order valence-electron chi connectivity index (χ2n) is 7.35. The van der Waals surface area contributed by atoms with Crippen molar-refractivity contribution in [3.05, 3.63) is 80.0 Å². The van der Waals surface area contributed by atoms with Crippen molar-refractivity contribution in [3.8, 4) is 0 Å². The minimum absolute atomic E-state index is 0.0294. The highest BCUT2D eigenvalue weighted by Crippen LogP contribution is 2.21. The Labute approximate surface area is 172 Å². The average Bonchev–Trinajstić information content (AvgIpc) is 2.65. The molecule has 1 aliphatic rings. The molecule has 3 rings (SSSR count). The standard InChI is InChI=1S/C21H24F2N4O3/c1-13(2)27-20(28)25-19(24-16-5-4-6-17(11-16)30-18(22)23)26(21(27)29)12-15-9-7-14(3)8-10-15/h6-11,13,18H,4-5,12H2,1-3H3,(H,24,25,28). The monoisotopic (exact) mass is 418 g/mol. The summed E-state index contributed by atoms with van der Waals surface area (Å²) < 4.78 is 31.9. The summed E-state index contributed by atoms with van der Waals surface area (Å²) in [6, 6.07) is 7.30. The maximum atomic E-state index is 13.1. The molecule has 7 nitrogen and oxygen atoms in total. The third kappa shape index (κ3) is 5.03. The van der Waals surface area contributed by atoms with Crippen molar-refractivity contribution >= 4 is 5.95 Å². The van der Waals surface area contributed by atoms with E-state index in [1.165, 1.54) is 10.6 Å². The molecule has 0 aliphatic heterocycles. The predicted octanol–water partition coefficient (Wildman–Crippen LogP) is 3.56. The van der Waals surface area contributed by atoms with Crippen LogP contribution in [0.4, 0.5) is 14.7 Å². The summed E-state index contributed by atoms with van der Waals surface area (Å²) in [5.74, 6) is 0.0914. The summed E-state index contributed by atoms with van der Waals surface area (Å²) >= 11 is 0. The Kier molecular flexibility index (Phi) is 6.49. The van der Waals surface area contributed by atoms with Gasteiger partial charge in [-0.3, -0.25) is 4.57 Å². The zero-order valence-corrected chi connectivity index (χ0v) is 17.1. The van der Waals surface area contributed by atoms with Gasteiger partial charge in [-0.05, 0) is 51.3 Å². The van der Waals surface area contributed by atoms with Crippen LogP contribution in [0.2, 0.25) is 0 Å². The molecule has 0 radical (unpaired) electrons. The van der Waals surface area contributed by atoms with Crippen LogP contribution in [0.3, 0.4) is 0 Å². The van der Waals surface area contributed by atoms with Crippen molar-refractivity contribution in [2.75, 3.05) is 5.32 Å². The lowest BCUT2D eigenvalue weighted by molar-refractivity contribution is -0.0925. The first-order chi connectivity index (χ1) is 14.2. The maximum Gasteiger partial charge on any atom is 0.387 e. The van der Waals surface area contributed by atoms with Gasteiger partial charge in [0.15, 0.2) is 0 Å². The quantitative estimate of drug-likeness (QED) is 0.744. The van der Waals surface area contributed by atoms with E-state index >= 15 is 0 Å². The topological polar surface area (TPSA) is 78.2 Å². The Hall–Kier alpha value is -3.23. The Balaban J connectivity index is 2.01. The molecule has 1 heterocycles. The highest BCUT2D eigenvalue weighted by molar-refractivity contribution is 5.39. The number of alkyl halides is 2. The Morgan fingerprint density at radius 2 is 1.90 bits per heavy atom. The average molecular weight is 418 g/mol. The van der Waals surface area contributed by atoms with Gasteiger partial charge < -0.3 is 10.1 Å². The first-order valence-corrected chi connectivity index (χ1v) is 9.66. The van der Waals surface area contributed by atoms with E-state index in [4.69, 9.17) is 0 Å². The van der Waals surface area contributed by atoms with Gasteiger partial charge in [0.1, 0.15) is 5.76 Å². The highest BCUT2D eigenvalue weighted by Gasteiger charge is 2.18. The lowest BCUT2D eigenvalue weighted by Crippen LogP contribution is -2.43. The molecule has 160 valence electrons. The van der Waals surface area contributed by atoms with Crippen LogP contribution in [0.15, 0.2) is 57.5 Å². The smallest absolute Gasteiger partial charge is 0.387 e. The number of nitrogens with zero attached hydrogens (tertiary/aromatic N) is 3. The summed E-state index contributed by atoms with van der Waals surface area (Å²) in [6.07, 6.45) is 3.96. The van der Waals surface area contributed by atoms with Crippen molar-refractivity contribution in [2.24, 2.45) is 0 Å². The van der Waals surface area contributed by atoms with Gasteiger partial charge in [0.25, 0.3) is 0 Å². The summed E-state index contributed by atoms with van der Waals surface area (Å²) in [6.45, 7) is 2.70. The number of aryl methyl sites for hydroxylation is 1. The summed E-state index contributed by atoms with van der Waals surface area (Å²) in [5.41, 5.74) is 1.30. The maximum absolute atomic E-state index is 13.1. The molecule has 1 aliphatic carbocycles. The molecule has 0 saturated heterocycles. The number of hydrogen-bond acceptors (Lipinski definition) is 5. The van der Waals surface area contributed by atoms with Crippen LogP contribution < -0.4 is 16.7 Å². The lowest BCUT2D eigenvalue weighted by Gasteiger charge is -2.20. The largest absolute Gasteiger partial charge is 0.435 e. The van der Waals surface area contributed by atoms with E-state index in [0.717, 1.165) is 15.7 Å². The molecule has 2 aromatic rings. The molecular formula is C21H24F2N4O3. The molecule has 9 heteroatoms. The third-order valence-electron chi connectivity index (χ3n) is 4.65. The molecule has 0 spiro atoms. The van der Waals surface area contributed by atoms with Crippen molar-refractivity contribution in [1.29, 1.82) is 0 Å². The third-order valence-corrected chi connectivity index (χ3v) is 4.65. The zero-order valence-electron chi connectivity index (χ0n) is 17.1. The van der Waals surface area contributed by atoms with E-state index < -0.39 is 18.0 Å². The van der Waals surface area contributed by atoms with E-state index in [1.807, 2.05) is 31.2 Å². The Morgan fingerprint density at radius 3 is 2.53 bits per heavy atom. The van der Waals surface area contributed by atoms with E-state index in [2.05, 4.69) is 15.0 Å². The van der Waals surface area contributed by atoms with Crippen molar-refractivity contribution in [1.82, 2.24) is 14.1 Å². The molecule has 30 heavy (non-hydrogen) atoms. The van der Waals surface area contributed by atoms with Gasteiger partial charge in [-0.25, -0.2) is 14.2 Å². The minimum atomic E-state index is -2.93. The van der Waals surface area contributed by atoms with Gasteiger partial charge in [-0.15, -0.1) is 0 Å². The molecule has 1 N–H and O–H groups in total. The molecule has 0 saturated carbocycles. The van der Waals surface area contributed by atoms with Gasteiger partial charge in [0, 0.05) is 11.7 Å². The van der Waals surface area contributed by atoms with Gasteiger partial charge in [0.05, 0.1) is 6.54 Å². The Bertz CT molecular complexity index is 1080. The second kappa shape index (κ2) is 9.06. The first-order valence-electron chi connectivity index (χ1n) is 9.66. The number of nitrogens with one attached hydrogen (secondary N) is 1. The fourth-order valence-electron chi connectivity index (χ4n) is 3.16. The zero-order chi connectivity index (χ0) is 21.8. The summed E-state index contributed by atoms with van der Waals surface area (Å²) in [7, 11) is 0. The molecule has 1 aromatic carbocycles. The van der Waals surface area contributed by atoms with Gasteiger partial charge in [-0.2, -0.15) is 13.8 Å². The predicted molar refractivity (Wildman–Crippen MR) is 110 cm³/mol. The van der Waals surface area contributed by atoms with Crippen LogP contribution in [-0.2, 0) is 11.3 Å². The molecule has 1 aromatic heterocycles. The number of aromatic nitrogens is 3. The molecule has 0 fully saturated rings. The number of hydrogen-bond donors (Lipinski definition) is 1. The fraction of sp³-hybridized carbons (Fsp3) is 0.381. The van der Waals surface area contributed by atoms with Crippen molar-refractivity contribution in [2.45, 2.75) is 52.8 Å². The first kappa shape index (κ1) is 21.5. The number of allylic oxidation sites excluding steroid dienone is 3. The van der Waals surface area contributed by atoms with E-state index in [1.54, 1.807) is 19.9 Å². The van der Waals surface area contributed by atoms with Crippen LogP contribution >= 0.6 is 0 Å². The summed E-state index contributed by atoms with van der Waals surface area (Å²) in [5, 5.41) is 2.97.